The van der Waals surface area contributed by atoms with Gasteiger partial charge in [0, 0.05) is 23.8 Å². The molecule has 0 amide bonds. The summed E-state index contributed by atoms with van der Waals surface area (Å²) in [6, 6.07) is 8.86. The normalized spacial score (nSPS) is 23.8. The smallest absolute Gasteiger partial charge is 0.174 e. The highest BCUT2D eigenvalue weighted by atomic mass is 79.9. The lowest BCUT2D eigenvalue weighted by molar-refractivity contribution is 0.0828. The van der Waals surface area contributed by atoms with E-state index in [1.54, 1.807) is 14.2 Å². The summed E-state index contributed by atoms with van der Waals surface area (Å²) in [5, 5.41) is 3.80. The fraction of sp³-hybridized carbons (Fsp3) is 0.429. The Morgan fingerprint density at radius 2 is 1.92 bits per heavy atom. The van der Waals surface area contributed by atoms with Crippen LogP contribution >= 0.6 is 15.9 Å². The molecule has 0 aromatic heterocycles. The van der Waals surface area contributed by atoms with Crippen molar-refractivity contribution in [1.29, 1.82) is 0 Å². The van der Waals surface area contributed by atoms with Gasteiger partial charge in [0.2, 0.25) is 0 Å². The lowest BCUT2D eigenvalue weighted by Gasteiger charge is -2.38. The maximum atomic E-state index is 6.17. The van der Waals surface area contributed by atoms with E-state index in [9.17, 15) is 0 Å². The van der Waals surface area contributed by atoms with Crippen LogP contribution in [0.2, 0.25) is 0 Å². The maximum absolute atomic E-state index is 6.17. The van der Waals surface area contributed by atoms with Gasteiger partial charge in [-0.15, -0.1) is 0 Å². The van der Waals surface area contributed by atoms with Gasteiger partial charge in [0.15, 0.2) is 11.5 Å². The van der Waals surface area contributed by atoms with Crippen molar-refractivity contribution in [2.75, 3.05) is 26.1 Å². The topological polar surface area (TPSA) is 39.7 Å². The van der Waals surface area contributed by atoms with E-state index in [1.165, 1.54) is 27.9 Å². The molecular weight excluding hydrogens is 394 g/mol. The summed E-state index contributed by atoms with van der Waals surface area (Å²) in [5.41, 5.74) is 6.22. The van der Waals surface area contributed by atoms with Crippen LogP contribution in [0.15, 0.2) is 28.7 Å². The monoisotopic (exact) mass is 417 g/mol. The summed E-state index contributed by atoms with van der Waals surface area (Å²) in [6.45, 7) is 5.11. The molecule has 5 heteroatoms. The second-order valence-electron chi connectivity index (χ2n) is 7.15. The second kappa shape index (κ2) is 6.78. The number of benzene rings is 2. The minimum Gasteiger partial charge on any atom is -0.493 e. The molecule has 4 nitrogen and oxygen atoms in total. The van der Waals surface area contributed by atoms with Crippen molar-refractivity contribution in [3.05, 3.63) is 51.0 Å². The van der Waals surface area contributed by atoms with Crippen LogP contribution in [0.3, 0.4) is 0 Å². The summed E-state index contributed by atoms with van der Waals surface area (Å²) in [4.78, 5) is 0. The van der Waals surface area contributed by atoms with Crippen LogP contribution < -0.4 is 14.8 Å². The number of halogens is 1. The maximum Gasteiger partial charge on any atom is 0.174 e. The van der Waals surface area contributed by atoms with Gasteiger partial charge in [-0.25, -0.2) is 0 Å². The van der Waals surface area contributed by atoms with E-state index in [4.69, 9.17) is 14.2 Å². The van der Waals surface area contributed by atoms with Crippen molar-refractivity contribution >= 4 is 21.6 Å². The zero-order valence-corrected chi connectivity index (χ0v) is 17.1. The molecule has 2 aromatic rings. The van der Waals surface area contributed by atoms with Crippen molar-refractivity contribution in [3.8, 4) is 11.5 Å². The Bertz CT molecular complexity index is 852. The molecule has 0 unspecified atom stereocenters. The van der Waals surface area contributed by atoms with Crippen LogP contribution in [-0.4, -0.2) is 20.8 Å². The first-order valence-corrected chi connectivity index (χ1v) is 9.73. The van der Waals surface area contributed by atoms with Gasteiger partial charge in [-0.2, -0.15) is 0 Å². The molecular formula is C21H24BrNO3. The van der Waals surface area contributed by atoms with E-state index in [2.05, 4.69) is 59.4 Å². The highest BCUT2D eigenvalue weighted by Crippen LogP contribution is 2.52. The number of ether oxygens (including phenoxy) is 3. The van der Waals surface area contributed by atoms with E-state index in [-0.39, 0.29) is 12.1 Å². The molecule has 0 radical (unpaired) electrons. The lowest BCUT2D eigenvalue weighted by atomic mass is 9.79. The van der Waals surface area contributed by atoms with Gasteiger partial charge in [0.25, 0.3) is 0 Å². The van der Waals surface area contributed by atoms with Crippen LogP contribution in [0, 0.1) is 19.8 Å². The van der Waals surface area contributed by atoms with Crippen molar-refractivity contribution < 1.29 is 14.2 Å². The minimum atomic E-state index is 0.140. The molecule has 2 aliphatic rings. The van der Waals surface area contributed by atoms with Gasteiger partial charge in [-0.3, -0.25) is 0 Å². The predicted octanol–water partition coefficient (Wildman–Crippen LogP) is 5.33. The highest BCUT2D eigenvalue weighted by molar-refractivity contribution is 9.10. The number of rotatable bonds is 3. The van der Waals surface area contributed by atoms with Crippen LogP contribution in [-0.2, 0) is 4.74 Å². The van der Waals surface area contributed by atoms with E-state index < -0.39 is 0 Å². The SMILES string of the molecule is COc1cc([C@@H]2Nc3c(C)cc(C)cc3[C@H]3OCC[C@H]32)cc(Br)c1OC. The average Bonchev–Trinajstić information content (AvgIpc) is 3.10. The molecule has 1 saturated heterocycles. The lowest BCUT2D eigenvalue weighted by Crippen LogP contribution is -2.30. The molecule has 3 atom stereocenters. The van der Waals surface area contributed by atoms with Gasteiger partial charge in [0.05, 0.1) is 30.8 Å². The van der Waals surface area contributed by atoms with Crippen LogP contribution in [0.1, 0.15) is 40.8 Å². The summed E-state index contributed by atoms with van der Waals surface area (Å²) in [5.74, 6) is 1.85. The Labute approximate surface area is 163 Å². The van der Waals surface area contributed by atoms with Gasteiger partial charge < -0.3 is 19.5 Å². The summed E-state index contributed by atoms with van der Waals surface area (Å²) in [7, 11) is 3.33. The van der Waals surface area contributed by atoms with Gasteiger partial charge >= 0.3 is 0 Å². The molecule has 4 rings (SSSR count). The first kappa shape index (κ1) is 17.7. The summed E-state index contributed by atoms with van der Waals surface area (Å²) < 4.78 is 18.1. The number of fused-ring (bicyclic) bond motifs is 3. The van der Waals surface area contributed by atoms with E-state index in [1.807, 2.05) is 0 Å². The number of hydrogen-bond donors (Lipinski definition) is 1. The number of hydrogen-bond acceptors (Lipinski definition) is 4. The fourth-order valence-corrected chi connectivity index (χ4v) is 5.02. The molecule has 0 aliphatic carbocycles. The molecule has 0 saturated carbocycles. The fourth-order valence-electron chi connectivity index (χ4n) is 4.40. The molecule has 2 heterocycles. The molecule has 1 fully saturated rings. The van der Waals surface area contributed by atoms with Crippen molar-refractivity contribution in [2.45, 2.75) is 32.4 Å². The summed E-state index contributed by atoms with van der Waals surface area (Å²) >= 11 is 3.63. The molecule has 2 aromatic carbocycles. The van der Waals surface area contributed by atoms with Crippen LogP contribution in [0.4, 0.5) is 5.69 Å². The first-order valence-electron chi connectivity index (χ1n) is 8.94. The van der Waals surface area contributed by atoms with Crippen molar-refractivity contribution in [3.63, 3.8) is 0 Å². The molecule has 26 heavy (non-hydrogen) atoms. The first-order chi connectivity index (χ1) is 12.5. The van der Waals surface area contributed by atoms with Gasteiger partial charge in [-0.05, 0) is 59.5 Å². The van der Waals surface area contributed by atoms with Crippen molar-refractivity contribution in [1.82, 2.24) is 0 Å². The quantitative estimate of drug-likeness (QED) is 0.732. The second-order valence-corrected chi connectivity index (χ2v) is 8.00. The zero-order chi connectivity index (χ0) is 18.4. The number of methoxy groups -OCH3 is 2. The number of nitrogens with one attached hydrogen (secondary N) is 1. The molecule has 0 spiro atoms. The van der Waals surface area contributed by atoms with Crippen LogP contribution in [0.25, 0.3) is 0 Å². The summed E-state index contributed by atoms with van der Waals surface area (Å²) in [6.07, 6.45) is 1.18. The number of aryl methyl sites for hydroxylation is 2. The molecule has 1 N–H and O–H groups in total. The third kappa shape index (κ3) is 2.78. The van der Waals surface area contributed by atoms with Crippen LogP contribution in [0.5, 0.6) is 11.5 Å². The Hall–Kier alpha value is -1.72. The molecule has 2 aliphatic heterocycles. The number of anilines is 1. The minimum absolute atomic E-state index is 0.140. The van der Waals surface area contributed by atoms with Gasteiger partial charge in [0.1, 0.15) is 0 Å². The standard InChI is InChI=1S/C21H24BrNO3/c1-11-7-12(2)18-15(8-11)20-14(5-6-26-20)19(23-18)13-9-16(22)21(25-4)17(10-13)24-3/h7-10,14,19-20,23H,5-6H2,1-4H3/t14-,19-,20-/m0/s1. The largest absolute Gasteiger partial charge is 0.493 e. The Kier molecular flexibility index (Phi) is 4.61. The Morgan fingerprint density at radius 3 is 2.65 bits per heavy atom. The van der Waals surface area contributed by atoms with E-state index >= 15 is 0 Å². The Morgan fingerprint density at radius 1 is 1.12 bits per heavy atom. The third-order valence-electron chi connectivity index (χ3n) is 5.50. The zero-order valence-electron chi connectivity index (χ0n) is 15.6. The van der Waals surface area contributed by atoms with E-state index in [0.717, 1.165) is 29.0 Å². The molecule has 138 valence electrons. The molecule has 0 bridgehead atoms. The Balaban J connectivity index is 1.82. The third-order valence-corrected chi connectivity index (χ3v) is 6.09. The van der Waals surface area contributed by atoms with E-state index in [0.29, 0.717) is 5.92 Å². The predicted molar refractivity (Wildman–Crippen MR) is 106 cm³/mol. The highest BCUT2D eigenvalue weighted by Gasteiger charge is 2.42. The average molecular weight is 418 g/mol. The van der Waals surface area contributed by atoms with Crippen molar-refractivity contribution in [2.24, 2.45) is 5.92 Å². The van der Waals surface area contributed by atoms with Gasteiger partial charge in [-0.1, -0.05) is 17.7 Å².